The molecule has 1 unspecified atom stereocenters. The number of anilines is 1. The fourth-order valence-corrected chi connectivity index (χ4v) is 2.93. The Labute approximate surface area is 127 Å². The van der Waals surface area contributed by atoms with E-state index in [1.807, 2.05) is 30.5 Å². The van der Waals surface area contributed by atoms with Gasteiger partial charge >= 0.3 is 0 Å². The smallest absolute Gasteiger partial charge is 0.0703 e. The molecule has 3 rings (SSSR count). The van der Waals surface area contributed by atoms with Crippen LogP contribution in [-0.4, -0.2) is 4.98 Å². The summed E-state index contributed by atoms with van der Waals surface area (Å²) < 4.78 is 1.12. The first-order valence-corrected chi connectivity index (χ1v) is 7.39. The summed E-state index contributed by atoms with van der Waals surface area (Å²) in [4.78, 5) is 4.48. The number of para-hydroxylation sites is 1. The normalized spacial score (nSPS) is 12.3. The molecule has 100 valence electrons. The van der Waals surface area contributed by atoms with E-state index < -0.39 is 0 Å². The number of fused-ring (bicyclic) bond motifs is 1. The van der Waals surface area contributed by atoms with E-state index >= 15 is 0 Å². The highest BCUT2D eigenvalue weighted by atomic mass is 79.9. The zero-order valence-corrected chi connectivity index (χ0v) is 12.8. The quantitative estimate of drug-likeness (QED) is 0.718. The maximum Gasteiger partial charge on any atom is 0.0703 e. The third-order valence-electron chi connectivity index (χ3n) is 3.35. The average Bonchev–Trinajstić information content (AvgIpc) is 2.47. The van der Waals surface area contributed by atoms with Crippen molar-refractivity contribution in [3.63, 3.8) is 0 Å². The Bertz CT molecular complexity index is 740. The molecule has 0 aliphatic carbocycles. The minimum atomic E-state index is 0.216. The molecule has 0 saturated heterocycles. The number of benzene rings is 2. The second-order valence-corrected chi connectivity index (χ2v) is 5.66. The van der Waals surface area contributed by atoms with Gasteiger partial charge in [-0.3, -0.25) is 4.98 Å². The molecule has 2 aromatic carbocycles. The second-order valence-electron chi connectivity index (χ2n) is 4.80. The van der Waals surface area contributed by atoms with Crippen molar-refractivity contribution in [3.8, 4) is 0 Å². The van der Waals surface area contributed by atoms with Crippen molar-refractivity contribution in [2.24, 2.45) is 0 Å². The van der Waals surface area contributed by atoms with Crippen LogP contribution in [0.15, 0.2) is 65.3 Å². The molecule has 0 aliphatic rings. The van der Waals surface area contributed by atoms with Crippen LogP contribution in [0.1, 0.15) is 18.5 Å². The summed E-state index contributed by atoms with van der Waals surface area (Å²) in [6.07, 6.45) is 1.88. The molecule has 1 heterocycles. The topological polar surface area (TPSA) is 24.9 Å². The van der Waals surface area contributed by atoms with Crippen LogP contribution in [0.25, 0.3) is 10.9 Å². The highest BCUT2D eigenvalue weighted by molar-refractivity contribution is 9.10. The van der Waals surface area contributed by atoms with Crippen LogP contribution < -0.4 is 5.32 Å². The van der Waals surface area contributed by atoms with Crippen LogP contribution >= 0.6 is 15.9 Å². The molecule has 1 atom stereocenters. The van der Waals surface area contributed by atoms with E-state index in [1.54, 1.807) is 0 Å². The van der Waals surface area contributed by atoms with Gasteiger partial charge in [-0.15, -0.1) is 0 Å². The van der Waals surface area contributed by atoms with Crippen LogP contribution in [0.4, 0.5) is 5.69 Å². The minimum absolute atomic E-state index is 0.216. The lowest BCUT2D eigenvalue weighted by atomic mass is 10.1. The van der Waals surface area contributed by atoms with Crippen LogP contribution in [-0.2, 0) is 0 Å². The zero-order chi connectivity index (χ0) is 13.9. The molecule has 0 saturated carbocycles. The molecular weight excluding hydrogens is 312 g/mol. The molecule has 1 N–H and O–H groups in total. The van der Waals surface area contributed by atoms with Gasteiger partial charge in [0.2, 0.25) is 0 Å². The minimum Gasteiger partial charge on any atom is -0.377 e. The molecule has 0 fully saturated rings. The van der Waals surface area contributed by atoms with Gasteiger partial charge in [-0.05, 0) is 30.7 Å². The van der Waals surface area contributed by atoms with E-state index in [0.717, 1.165) is 21.1 Å². The van der Waals surface area contributed by atoms with Gasteiger partial charge in [0.1, 0.15) is 0 Å². The number of halogens is 1. The van der Waals surface area contributed by atoms with Gasteiger partial charge in [-0.1, -0.05) is 52.3 Å². The molecule has 0 radical (unpaired) electrons. The van der Waals surface area contributed by atoms with Crippen molar-refractivity contribution < 1.29 is 0 Å². The molecule has 20 heavy (non-hydrogen) atoms. The fraction of sp³-hybridized carbons (Fsp3) is 0.118. The highest BCUT2D eigenvalue weighted by Crippen LogP contribution is 2.26. The number of pyridine rings is 1. The summed E-state index contributed by atoms with van der Waals surface area (Å²) in [7, 11) is 0. The Morgan fingerprint density at radius 3 is 2.65 bits per heavy atom. The molecular formula is C17H15BrN2. The Morgan fingerprint density at radius 1 is 1.05 bits per heavy atom. The van der Waals surface area contributed by atoms with E-state index in [0.29, 0.717) is 0 Å². The number of rotatable bonds is 3. The molecule has 0 amide bonds. The maximum absolute atomic E-state index is 4.48. The number of hydrogen-bond donors (Lipinski definition) is 1. The lowest BCUT2D eigenvalue weighted by Crippen LogP contribution is -2.07. The molecule has 2 nitrogen and oxygen atoms in total. The van der Waals surface area contributed by atoms with Crippen molar-refractivity contribution in [2.45, 2.75) is 13.0 Å². The van der Waals surface area contributed by atoms with Gasteiger partial charge in [-0.25, -0.2) is 0 Å². The van der Waals surface area contributed by atoms with Crippen LogP contribution in [0.5, 0.6) is 0 Å². The summed E-state index contributed by atoms with van der Waals surface area (Å²) in [5.41, 5.74) is 3.29. The number of aromatic nitrogens is 1. The second kappa shape index (κ2) is 5.63. The maximum atomic E-state index is 4.48. The monoisotopic (exact) mass is 326 g/mol. The third kappa shape index (κ3) is 2.68. The van der Waals surface area contributed by atoms with Crippen molar-refractivity contribution in [3.05, 3.63) is 70.8 Å². The molecule has 3 aromatic rings. The van der Waals surface area contributed by atoms with Crippen molar-refractivity contribution in [2.75, 3.05) is 5.32 Å². The zero-order valence-electron chi connectivity index (χ0n) is 11.2. The lowest BCUT2D eigenvalue weighted by Gasteiger charge is -2.17. The molecule has 0 spiro atoms. The Hall–Kier alpha value is -1.87. The molecule has 0 bridgehead atoms. The Kier molecular flexibility index (Phi) is 3.70. The van der Waals surface area contributed by atoms with Crippen molar-refractivity contribution in [1.82, 2.24) is 4.98 Å². The third-order valence-corrected chi connectivity index (χ3v) is 4.07. The van der Waals surface area contributed by atoms with Crippen LogP contribution in [0.2, 0.25) is 0 Å². The highest BCUT2D eigenvalue weighted by Gasteiger charge is 2.08. The summed E-state index contributed by atoms with van der Waals surface area (Å²) in [5, 5.41) is 4.65. The predicted octanol–water partition coefficient (Wildman–Crippen LogP) is 5.17. The first-order valence-electron chi connectivity index (χ1n) is 6.60. The summed E-state index contributed by atoms with van der Waals surface area (Å²) in [6, 6.07) is 18.8. The Balaban J connectivity index is 1.87. The summed E-state index contributed by atoms with van der Waals surface area (Å²) >= 11 is 3.59. The SMILES string of the molecule is CC(Nc1cnc2ccccc2c1)c1ccccc1Br. The number of nitrogens with zero attached hydrogens (tertiary/aromatic N) is 1. The molecule has 0 aliphatic heterocycles. The van der Waals surface area contributed by atoms with Gasteiger partial charge in [0.15, 0.2) is 0 Å². The first kappa shape index (κ1) is 13.1. The van der Waals surface area contributed by atoms with Crippen LogP contribution in [0, 0.1) is 0 Å². The van der Waals surface area contributed by atoms with Crippen molar-refractivity contribution >= 4 is 32.5 Å². The van der Waals surface area contributed by atoms with E-state index in [4.69, 9.17) is 0 Å². The largest absolute Gasteiger partial charge is 0.377 e. The van der Waals surface area contributed by atoms with Crippen LogP contribution in [0.3, 0.4) is 0 Å². The predicted molar refractivity (Wildman–Crippen MR) is 87.9 cm³/mol. The lowest BCUT2D eigenvalue weighted by molar-refractivity contribution is 0.878. The number of nitrogens with one attached hydrogen (secondary N) is 1. The summed E-state index contributed by atoms with van der Waals surface area (Å²) in [5.74, 6) is 0. The van der Waals surface area contributed by atoms with Crippen molar-refractivity contribution in [1.29, 1.82) is 0 Å². The summed E-state index contributed by atoms with van der Waals surface area (Å²) in [6.45, 7) is 2.15. The molecule has 3 heteroatoms. The van der Waals surface area contributed by atoms with E-state index in [-0.39, 0.29) is 6.04 Å². The van der Waals surface area contributed by atoms with Gasteiger partial charge in [0, 0.05) is 15.9 Å². The van der Waals surface area contributed by atoms with Gasteiger partial charge < -0.3 is 5.32 Å². The van der Waals surface area contributed by atoms with E-state index in [9.17, 15) is 0 Å². The molecule has 1 aromatic heterocycles. The fourth-order valence-electron chi connectivity index (χ4n) is 2.30. The standard InChI is InChI=1S/C17H15BrN2/c1-12(15-7-3-4-8-16(15)18)20-14-10-13-6-2-5-9-17(13)19-11-14/h2-12,20H,1H3. The first-order chi connectivity index (χ1) is 9.74. The van der Waals surface area contributed by atoms with E-state index in [1.165, 1.54) is 5.56 Å². The Morgan fingerprint density at radius 2 is 1.80 bits per heavy atom. The van der Waals surface area contributed by atoms with Gasteiger partial charge in [-0.2, -0.15) is 0 Å². The number of hydrogen-bond acceptors (Lipinski definition) is 2. The van der Waals surface area contributed by atoms with E-state index in [2.05, 4.69) is 63.5 Å². The average molecular weight is 327 g/mol. The van der Waals surface area contributed by atoms with Gasteiger partial charge in [0.25, 0.3) is 0 Å². The van der Waals surface area contributed by atoms with Gasteiger partial charge in [0.05, 0.1) is 17.4 Å².